The lowest BCUT2D eigenvalue weighted by Gasteiger charge is -2.23. The van der Waals surface area contributed by atoms with E-state index in [1.165, 1.54) is 4.90 Å². The summed E-state index contributed by atoms with van der Waals surface area (Å²) in [6.45, 7) is 8.49. The highest BCUT2D eigenvalue weighted by Gasteiger charge is 2.48. The van der Waals surface area contributed by atoms with E-state index in [2.05, 4.69) is 19.0 Å². The van der Waals surface area contributed by atoms with E-state index in [4.69, 9.17) is 9.26 Å². The van der Waals surface area contributed by atoms with Crippen molar-refractivity contribution in [3.8, 4) is 5.75 Å². The normalized spacial score (nSPS) is 17.6. The summed E-state index contributed by atoms with van der Waals surface area (Å²) in [5, 5.41) is 15.2. The van der Waals surface area contributed by atoms with Gasteiger partial charge in [0.05, 0.1) is 18.2 Å². The summed E-state index contributed by atoms with van der Waals surface area (Å²) in [5.41, 5.74) is 2.24. The molecular weight excluding hydrogens is 432 g/mol. The summed E-state index contributed by atoms with van der Waals surface area (Å²) >= 11 is 0. The van der Waals surface area contributed by atoms with Crippen LogP contribution >= 0.6 is 0 Å². The Kier molecular flexibility index (Phi) is 6.54. The van der Waals surface area contributed by atoms with Gasteiger partial charge in [-0.15, -0.1) is 0 Å². The highest BCUT2D eigenvalue weighted by molar-refractivity contribution is 6.51. The minimum absolute atomic E-state index is 0.00479. The van der Waals surface area contributed by atoms with Crippen LogP contribution in [0.4, 0.5) is 5.82 Å². The molecule has 0 bridgehead atoms. The maximum absolute atomic E-state index is 13.2. The van der Waals surface area contributed by atoms with Gasteiger partial charge in [-0.2, -0.15) is 0 Å². The van der Waals surface area contributed by atoms with E-state index in [0.717, 1.165) is 12.0 Å². The quantitative estimate of drug-likeness (QED) is 0.283. The number of aliphatic hydroxyl groups is 1. The molecule has 1 fully saturated rings. The molecule has 1 aliphatic rings. The maximum atomic E-state index is 13.2. The highest BCUT2D eigenvalue weighted by Crippen LogP contribution is 2.42. The topological polar surface area (TPSA) is 92.9 Å². The molecule has 1 amide bonds. The molecule has 0 radical (unpaired) electrons. The van der Waals surface area contributed by atoms with Gasteiger partial charge in [0.2, 0.25) is 0 Å². The molecule has 7 heteroatoms. The van der Waals surface area contributed by atoms with Gasteiger partial charge in [-0.3, -0.25) is 14.5 Å². The Morgan fingerprint density at radius 1 is 1.12 bits per heavy atom. The third-order valence-electron chi connectivity index (χ3n) is 5.83. The number of aliphatic hydroxyl groups excluding tert-OH is 1. The van der Waals surface area contributed by atoms with Crippen LogP contribution in [0, 0.1) is 6.92 Å². The van der Waals surface area contributed by atoms with Crippen LogP contribution in [0.1, 0.15) is 61.6 Å². The molecule has 1 unspecified atom stereocenters. The van der Waals surface area contributed by atoms with Crippen molar-refractivity contribution in [2.24, 2.45) is 0 Å². The first-order valence-corrected chi connectivity index (χ1v) is 11.4. The van der Waals surface area contributed by atoms with Gasteiger partial charge in [-0.05, 0) is 54.7 Å². The average Bonchev–Trinajstić information content (AvgIpc) is 3.38. The van der Waals surface area contributed by atoms with Crippen molar-refractivity contribution < 1.29 is 24.0 Å². The summed E-state index contributed by atoms with van der Waals surface area (Å²) in [4.78, 5) is 27.6. The first-order chi connectivity index (χ1) is 16.3. The zero-order chi connectivity index (χ0) is 24.4. The summed E-state index contributed by atoms with van der Waals surface area (Å²) in [5.74, 6) is -0.0720. The first-order valence-electron chi connectivity index (χ1n) is 11.4. The lowest BCUT2D eigenvalue weighted by molar-refractivity contribution is -0.132. The number of ketones is 1. The molecule has 0 saturated carbocycles. The van der Waals surface area contributed by atoms with Crippen LogP contribution in [-0.4, -0.2) is 28.6 Å². The lowest BCUT2D eigenvalue weighted by atomic mass is 9.93. The second-order valence-corrected chi connectivity index (χ2v) is 8.66. The minimum atomic E-state index is -0.846. The van der Waals surface area contributed by atoms with Crippen LogP contribution in [0.15, 0.2) is 64.7 Å². The second kappa shape index (κ2) is 9.55. The molecule has 1 aliphatic heterocycles. The highest BCUT2D eigenvalue weighted by atomic mass is 16.5. The van der Waals surface area contributed by atoms with Crippen molar-refractivity contribution in [2.75, 3.05) is 11.5 Å². The molecule has 34 heavy (non-hydrogen) atoms. The summed E-state index contributed by atoms with van der Waals surface area (Å²) in [7, 11) is 0. The first kappa shape index (κ1) is 23.3. The minimum Gasteiger partial charge on any atom is -0.507 e. The van der Waals surface area contributed by atoms with Gasteiger partial charge in [-0.25, -0.2) is 0 Å². The zero-order valence-electron chi connectivity index (χ0n) is 19.7. The number of Topliss-reactive ketones (excluding diaryl/α,β-unsaturated/α-hetero) is 1. The third kappa shape index (κ3) is 4.33. The molecule has 2 heterocycles. The number of aromatic nitrogens is 1. The second-order valence-electron chi connectivity index (χ2n) is 8.66. The molecular formula is C27H28N2O5. The molecule has 1 aromatic heterocycles. The number of aryl methyl sites for hydroxylation is 1. The fourth-order valence-electron chi connectivity index (χ4n) is 4.00. The Labute approximate surface area is 198 Å². The van der Waals surface area contributed by atoms with Gasteiger partial charge in [0.1, 0.15) is 17.3 Å². The van der Waals surface area contributed by atoms with E-state index in [1.807, 2.05) is 31.2 Å². The summed E-state index contributed by atoms with van der Waals surface area (Å²) < 4.78 is 10.8. The number of carbonyl (C=O) groups is 2. The lowest BCUT2D eigenvalue weighted by Crippen LogP contribution is -2.29. The van der Waals surface area contributed by atoms with Gasteiger partial charge in [0, 0.05) is 11.6 Å². The number of hydrogen-bond acceptors (Lipinski definition) is 6. The van der Waals surface area contributed by atoms with Crippen molar-refractivity contribution in [1.29, 1.82) is 0 Å². The van der Waals surface area contributed by atoms with Crippen LogP contribution in [0.2, 0.25) is 0 Å². The molecule has 1 saturated heterocycles. The van der Waals surface area contributed by atoms with E-state index in [9.17, 15) is 14.7 Å². The molecule has 176 valence electrons. The molecule has 4 rings (SSSR count). The van der Waals surface area contributed by atoms with Crippen molar-refractivity contribution in [2.45, 2.75) is 46.1 Å². The molecule has 1 atom stereocenters. The van der Waals surface area contributed by atoms with Crippen LogP contribution in [0.25, 0.3) is 5.76 Å². The zero-order valence-corrected chi connectivity index (χ0v) is 19.7. The SMILES string of the molecule is CCCOc1ccc(C(O)=C2C(=O)C(=O)N(c3cc(C)on3)C2c2ccc(C(C)C)cc2)cc1. The summed E-state index contributed by atoms with van der Waals surface area (Å²) in [6, 6.07) is 15.2. The monoisotopic (exact) mass is 460 g/mol. The van der Waals surface area contributed by atoms with E-state index in [1.54, 1.807) is 37.3 Å². The predicted octanol–water partition coefficient (Wildman–Crippen LogP) is 5.52. The largest absolute Gasteiger partial charge is 0.507 e. The van der Waals surface area contributed by atoms with Crippen LogP contribution in [0.5, 0.6) is 5.75 Å². The van der Waals surface area contributed by atoms with Crippen molar-refractivity contribution >= 4 is 23.3 Å². The van der Waals surface area contributed by atoms with E-state index in [-0.39, 0.29) is 17.2 Å². The summed E-state index contributed by atoms with van der Waals surface area (Å²) in [6.07, 6.45) is 0.877. The van der Waals surface area contributed by atoms with E-state index in [0.29, 0.717) is 35.2 Å². The van der Waals surface area contributed by atoms with Crippen LogP contribution in [0.3, 0.4) is 0 Å². The standard InChI is InChI=1S/C27H28N2O5/c1-5-14-33-21-12-10-20(11-13-21)25(30)23-24(19-8-6-18(7-9-19)16(2)3)29(27(32)26(23)31)22-15-17(4)34-28-22/h6-13,15-16,24,30H,5,14H2,1-4H3. The number of hydrogen-bond donors (Lipinski definition) is 1. The molecule has 7 nitrogen and oxygen atoms in total. The van der Waals surface area contributed by atoms with E-state index >= 15 is 0 Å². The van der Waals surface area contributed by atoms with Crippen molar-refractivity contribution in [3.05, 3.63) is 82.6 Å². The Morgan fingerprint density at radius 2 is 1.79 bits per heavy atom. The van der Waals surface area contributed by atoms with Gasteiger partial charge in [0.15, 0.2) is 5.82 Å². The van der Waals surface area contributed by atoms with Gasteiger partial charge in [0.25, 0.3) is 5.78 Å². The van der Waals surface area contributed by atoms with Crippen LogP contribution < -0.4 is 9.64 Å². The number of rotatable bonds is 7. The smallest absolute Gasteiger partial charge is 0.301 e. The average molecular weight is 461 g/mol. The van der Waals surface area contributed by atoms with Crippen molar-refractivity contribution in [1.82, 2.24) is 5.16 Å². The molecule has 2 aromatic carbocycles. The Bertz CT molecular complexity index is 1220. The predicted molar refractivity (Wildman–Crippen MR) is 129 cm³/mol. The molecule has 0 spiro atoms. The number of anilines is 1. The fraction of sp³-hybridized carbons (Fsp3) is 0.296. The fourth-order valence-corrected chi connectivity index (χ4v) is 4.00. The molecule has 3 aromatic rings. The Hall–Kier alpha value is -3.87. The Morgan fingerprint density at radius 3 is 2.35 bits per heavy atom. The maximum Gasteiger partial charge on any atom is 0.301 e. The van der Waals surface area contributed by atoms with E-state index < -0.39 is 17.7 Å². The third-order valence-corrected chi connectivity index (χ3v) is 5.83. The number of amides is 1. The van der Waals surface area contributed by atoms with Gasteiger partial charge >= 0.3 is 5.91 Å². The number of carbonyl (C=O) groups excluding carboxylic acids is 2. The molecule has 1 N–H and O–H groups in total. The number of benzene rings is 2. The molecule has 0 aliphatic carbocycles. The van der Waals surface area contributed by atoms with Crippen molar-refractivity contribution in [3.63, 3.8) is 0 Å². The van der Waals surface area contributed by atoms with Gasteiger partial charge in [-0.1, -0.05) is 50.2 Å². The Balaban J connectivity index is 1.83. The van der Waals surface area contributed by atoms with Gasteiger partial charge < -0.3 is 14.4 Å². The number of ether oxygens (including phenoxy) is 1. The van der Waals surface area contributed by atoms with Crippen LogP contribution in [-0.2, 0) is 9.59 Å². The number of nitrogens with zero attached hydrogens (tertiary/aromatic N) is 2.